The molecule has 23 heavy (non-hydrogen) atoms. The molecule has 0 aromatic heterocycles. The van der Waals surface area contributed by atoms with Crippen molar-refractivity contribution in [3.63, 3.8) is 0 Å². The van der Waals surface area contributed by atoms with Gasteiger partial charge in [0.1, 0.15) is 0 Å². The third kappa shape index (κ3) is 5.89. The molecule has 0 bridgehead atoms. The van der Waals surface area contributed by atoms with Gasteiger partial charge in [0.05, 0.1) is 17.3 Å². The van der Waals surface area contributed by atoms with Crippen molar-refractivity contribution in [3.05, 3.63) is 12.2 Å². The first-order valence-corrected chi connectivity index (χ1v) is 9.01. The number of likely N-dealkylation sites (tertiary alicyclic amines) is 1. The molecule has 1 aliphatic heterocycles. The molecule has 1 aliphatic carbocycles. The molecule has 2 aliphatic rings. The number of thioether (sulfide) groups is 1. The molecule has 0 N–H and O–H groups in total. The van der Waals surface area contributed by atoms with Crippen LogP contribution in [-0.2, 0) is 9.59 Å². The normalized spacial score (nSPS) is 23.6. The molecule has 1 heterocycles. The number of allylic oxidation sites excluding steroid dienone is 1. The van der Waals surface area contributed by atoms with Crippen molar-refractivity contribution in [1.29, 1.82) is 0 Å². The van der Waals surface area contributed by atoms with Crippen LogP contribution in [0.3, 0.4) is 0 Å². The van der Waals surface area contributed by atoms with Crippen LogP contribution < -0.4 is 10.2 Å². The molecule has 1 saturated heterocycles. The van der Waals surface area contributed by atoms with E-state index in [9.17, 15) is 19.8 Å². The largest absolute Gasteiger partial charge is 0.550 e. The second-order valence-corrected chi connectivity index (χ2v) is 7.06. The summed E-state index contributed by atoms with van der Waals surface area (Å²) in [6.45, 7) is 1.65. The molecule has 7 heteroatoms. The Kier molecular flexibility index (Phi) is 6.95. The SMILES string of the molecule is O=C([O-])C[C@H](SC(=N[C@@H]1C=CCCC1)N1CCCCC1)C(=O)[O-]. The third-order valence-electron chi connectivity index (χ3n) is 3.99. The minimum atomic E-state index is -1.39. The smallest absolute Gasteiger partial charge is 0.160 e. The van der Waals surface area contributed by atoms with E-state index in [0.29, 0.717) is 5.17 Å². The van der Waals surface area contributed by atoms with Gasteiger partial charge < -0.3 is 24.7 Å². The first-order chi connectivity index (χ1) is 11.1. The predicted octanol–water partition coefficient (Wildman–Crippen LogP) is -0.0713. The Morgan fingerprint density at radius 1 is 1.22 bits per heavy atom. The van der Waals surface area contributed by atoms with E-state index in [4.69, 9.17) is 4.99 Å². The minimum Gasteiger partial charge on any atom is -0.550 e. The summed E-state index contributed by atoms with van der Waals surface area (Å²) < 4.78 is 0. The molecule has 128 valence electrons. The summed E-state index contributed by atoms with van der Waals surface area (Å²) in [5.41, 5.74) is 0. The highest BCUT2D eigenvalue weighted by Crippen LogP contribution is 2.24. The lowest BCUT2D eigenvalue weighted by molar-refractivity contribution is -0.314. The highest BCUT2D eigenvalue weighted by Gasteiger charge is 2.22. The van der Waals surface area contributed by atoms with Crippen molar-refractivity contribution in [2.24, 2.45) is 4.99 Å². The van der Waals surface area contributed by atoms with Gasteiger partial charge in [0, 0.05) is 25.5 Å². The molecule has 0 spiro atoms. The van der Waals surface area contributed by atoms with E-state index in [-0.39, 0.29) is 6.04 Å². The molecular formula is C16H22N2O4S-2. The summed E-state index contributed by atoms with van der Waals surface area (Å²) in [6, 6.07) is 0.0403. The number of rotatable bonds is 5. The van der Waals surface area contributed by atoms with E-state index >= 15 is 0 Å². The van der Waals surface area contributed by atoms with Gasteiger partial charge in [0.2, 0.25) is 0 Å². The number of carbonyl (C=O) groups excluding carboxylic acids is 2. The molecule has 2 rings (SSSR count). The maximum absolute atomic E-state index is 11.2. The van der Waals surface area contributed by atoms with Gasteiger partial charge >= 0.3 is 0 Å². The molecule has 0 aromatic rings. The highest BCUT2D eigenvalue weighted by atomic mass is 32.2. The number of carboxylic acid groups (broad SMARTS) is 2. The lowest BCUT2D eigenvalue weighted by atomic mass is 10.0. The van der Waals surface area contributed by atoms with Crippen LogP contribution in [0.2, 0.25) is 0 Å². The van der Waals surface area contributed by atoms with Gasteiger partial charge in [-0.15, -0.1) is 0 Å². The van der Waals surface area contributed by atoms with Crippen LogP contribution >= 0.6 is 11.8 Å². The number of aliphatic carboxylic acids is 2. The topological polar surface area (TPSA) is 95.9 Å². The average molecular weight is 338 g/mol. The van der Waals surface area contributed by atoms with E-state index in [0.717, 1.165) is 63.4 Å². The molecule has 2 atom stereocenters. The zero-order valence-electron chi connectivity index (χ0n) is 13.1. The fraction of sp³-hybridized carbons (Fsp3) is 0.688. The van der Waals surface area contributed by atoms with E-state index in [1.807, 2.05) is 6.08 Å². The summed E-state index contributed by atoms with van der Waals surface area (Å²) in [5, 5.41) is 21.5. The fourth-order valence-electron chi connectivity index (χ4n) is 2.77. The van der Waals surface area contributed by atoms with Crippen LogP contribution in [0.15, 0.2) is 17.1 Å². The van der Waals surface area contributed by atoms with E-state index in [1.165, 1.54) is 0 Å². The number of hydrogen-bond donors (Lipinski definition) is 0. The number of piperidine rings is 1. The lowest BCUT2D eigenvalue weighted by Crippen LogP contribution is -2.42. The van der Waals surface area contributed by atoms with Crippen LogP contribution in [0.1, 0.15) is 44.9 Å². The van der Waals surface area contributed by atoms with Crippen molar-refractivity contribution >= 4 is 28.9 Å². The fourth-order valence-corrected chi connectivity index (χ4v) is 3.87. The Balaban J connectivity index is 2.15. The molecular weight excluding hydrogens is 316 g/mol. The van der Waals surface area contributed by atoms with E-state index in [1.54, 1.807) is 0 Å². The minimum absolute atomic E-state index is 0.0403. The molecule has 0 saturated carbocycles. The van der Waals surface area contributed by atoms with Gasteiger partial charge in [-0.2, -0.15) is 0 Å². The quantitative estimate of drug-likeness (QED) is 0.395. The lowest BCUT2D eigenvalue weighted by Gasteiger charge is -2.32. The maximum Gasteiger partial charge on any atom is 0.160 e. The monoisotopic (exact) mass is 338 g/mol. The zero-order chi connectivity index (χ0) is 16.7. The van der Waals surface area contributed by atoms with Gasteiger partial charge in [-0.05, 0) is 38.5 Å². The van der Waals surface area contributed by atoms with Crippen LogP contribution in [0.4, 0.5) is 0 Å². The number of carbonyl (C=O) groups is 2. The highest BCUT2D eigenvalue weighted by molar-refractivity contribution is 8.14. The second kappa shape index (κ2) is 8.96. The zero-order valence-corrected chi connectivity index (χ0v) is 13.9. The third-order valence-corrected chi connectivity index (χ3v) is 5.21. The number of nitrogens with zero attached hydrogens (tertiary/aromatic N) is 2. The first-order valence-electron chi connectivity index (χ1n) is 8.13. The molecule has 0 aromatic carbocycles. The predicted molar refractivity (Wildman–Crippen MR) is 85.6 cm³/mol. The standard InChI is InChI=1S/C16H24N2O4S/c19-14(20)11-13(15(21)22)23-16(18-9-5-2-6-10-18)17-12-7-3-1-4-8-12/h3,7,12-13H,1-2,4-6,8-11H2,(H,19,20)(H,21,22)/p-2/t12-,13+/m1/s1. The Hall–Kier alpha value is -1.50. The molecule has 0 unspecified atom stereocenters. The van der Waals surface area contributed by atoms with Gasteiger partial charge in [-0.3, -0.25) is 4.99 Å². The molecule has 0 radical (unpaired) electrons. The molecule has 0 amide bonds. The Labute approximate surface area is 140 Å². The summed E-state index contributed by atoms with van der Waals surface area (Å²) >= 11 is 0.986. The average Bonchev–Trinajstić information content (AvgIpc) is 2.54. The number of aliphatic imine (C=N–C) groups is 1. The Morgan fingerprint density at radius 3 is 2.52 bits per heavy atom. The van der Waals surface area contributed by atoms with E-state index < -0.39 is 23.6 Å². The van der Waals surface area contributed by atoms with Crippen LogP contribution in [0.5, 0.6) is 0 Å². The summed E-state index contributed by atoms with van der Waals surface area (Å²) in [7, 11) is 0. The summed E-state index contributed by atoms with van der Waals surface area (Å²) in [4.78, 5) is 28.8. The van der Waals surface area contributed by atoms with Crippen LogP contribution in [-0.4, -0.2) is 46.4 Å². The number of hydrogen-bond acceptors (Lipinski definition) is 6. The van der Waals surface area contributed by atoms with Crippen LogP contribution in [0, 0.1) is 0 Å². The van der Waals surface area contributed by atoms with Crippen molar-refractivity contribution < 1.29 is 19.8 Å². The molecule has 1 fully saturated rings. The van der Waals surface area contributed by atoms with Gasteiger partial charge in [-0.1, -0.05) is 23.9 Å². The van der Waals surface area contributed by atoms with Gasteiger partial charge in [0.15, 0.2) is 5.17 Å². The number of amidine groups is 1. The Morgan fingerprint density at radius 2 is 1.96 bits per heavy atom. The Bertz CT molecular complexity index is 486. The first kappa shape index (κ1) is 17.8. The van der Waals surface area contributed by atoms with Gasteiger partial charge in [-0.25, -0.2) is 0 Å². The molecule has 6 nitrogen and oxygen atoms in total. The van der Waals surface area contributed by atoms with Crippen LogP contribution in [0.25, 0.3) is 0 Å². The summed E-state index contributed by atoms with van der Waals surface area (Å²) in [6.07, 6.45) is 9.84. The van der Waals surface area contributed by atoms with Crippen molar-refractivity contribution in [3.8, 4) is 0 Å². The maximum atomic E-state index is 11.2. The van der Waals surface area contributed by atoms with Crippen molar-refractivity contribution in [2.45, 2.75) is 56.2 Å². The summed E-state index contributed by atoms with van der Waals surface area (Å²) in [5.74, 6) is -2.77. The number of carboxylic acids is 2. The second-order valence-electron chi connectivity index (χ2n) is 5.89. The van der Waals surface area contributed by atoms with Crippen molar-refractivity contribution in [1.82, 2.24) is 4.90 Å². The van der Waals surface area contributed by atoms with Gasteiger partial charge in [0.25, 0.3) is 0 Å². The van der Waals surface area contributed by atoms with Crippen molar-refractivity contribution in [2.75, 3.05) is 13.1 Å². The van der Waals surface area contributed by atoms with E-state index in [2.05, 4.69) is 11.0 Å².